The Hall–Kier alpha value is -1.49. The Labute approximate surface area is 108 Å². The molecule has 1 aliphatic rings. The van der Waals surface area contributed by atoms with E-state index in [1.807, 2.05) is 6.20 Å². The van der Waals surface area contributed by atoms with Crippen molar-refractivity contribution in [1.82, 2.24) is 20.2 Å². The highest BCUT2D eigenvalue weighted by molar-refractivity contribution is 5.78. The van der Waals surface area contributed by atoms with Crippen LogP contribution in [0.4, 0.5) is 0 Å². The van der Waals surface area contributed by atoms with Crippen LogP contribution in [0.15, 0.2) is 18.6 Å². The second-order valence-corrected chi connectivity index (χ2v) is 4.70. The Bertz CT molecular complexity index is 382. The largest absolute Gasteiger partial charge is 0.355 e. The van der Waals surface area contributed by atoms with Crippen LogP contribution in [-0.2, 0) is 4.79 Å². The van der Waals surface area contributed by atoms with Crippen molar-refractivity contribution in [3.8, 4) is 0 Å². The Kier molecular flexibility index (Phi) is 4.64. The van der Waals surface area contributed by atoms with Crippen molar-refractivity contribution in [2.45, 2.75) is 25.7 Å². The van der Waals surface area contributed by atoms with Gasteiger partial charge in [0.2, 0.25) is 5.91 Å². The number of amides is 1. The summed E-state index contributed by atoms with van der Waals surface area (Å²) in [6.45, 7) is 5.18. The van der Waals surface area contributed by atoms with Gasteiger partial charge >= 0.3 is 0 Å². The molecule has 1 aromatic rings. The number of hydrogen-bond acceptors (Lipinski definition) is 4. The average Bonchev–Trinajstić information content (AvgIpc) is 2.86. The second kappa shape index (κ2) is 6.44. The Balaban J connectivity index is 1.80. The van der Waals surface area contributed by atoms with E-state index < -0.39 is 0 Å². The normalized spacial score (nSPS) is 19.9. The number of nitrogens with zero attached hydrogens (tertiary/aromatic N) is 3. The molecule has 5 nitrogen and oxygen atoms in total. The van der Waals surface area contributed by atoms with Gasteiger partial charge in [0.15, 0.2) is 0 Å². The highest BCUT2D eigenvalue weighted by atomic mass is 16.2. The third-order valence-corrected chi connectivity index (χ3v) is 3.21. The fraction of sp³-hybridized carbons (Fsp3) is 0.615. The van der Waals surface area contributed by atoms with E-state index in [-0.39, 0.29) is 5.91 Å². The Morgan fingerprint density at radius 1 is 1.56 bits per heavy atom. The molecular weight excluding hydrogens is 228 g/mol. The number of hydrogen-bond donors (Lipinski definition) is 1. The standard InChI is InChI=1S/C13H20N4O/c1-2-4-16-13(18)10-17-7-3-11(9-17)12-8-14-5-6-15-12/h5-6,8,11H,2-4,7,9-10H2,1H3,(H,16,18). The van der Waals surface area contributed by atoms with E-state index in [1.54, 1.807) is 12.4 Å². The molecule has 1 saturated heterocycles. The molecule has 1 N–H and O–H groups in total. The fourth-order valence-corrected chi connectivity index (χ4v) is 2.26. The lowest BCUT2D eigenvalue weighted by molar-refractivity contribution is -0.122. The highest BCUT2D eigenvalue weighted by Gasteiger charge is 2.25. The molecule has 2 rings (SSSR count). The van der Waals surface area contributed by atoms with E-state index in [1.165, 1.54) is 0 Å². The van der Waals surface area contributed by atoms with Crippen LogP contribution in [0.1, 0.15) is 31.4 Å². The molecule has 1 aromatic heterocycles. The molecule has 18 heavy (non-hydrogen) atoms. The maximum atomic E-state index is 11.6. The molecule has 1 aliphatic heterocycles. The van der Waals surface area contributed by atoms with E-state index in [0.29, 0.717) is 12.5 Å². The van der Waals surface area contributed by atoms with Crippen molar-refractivity contribution in [2.75, 3.05) is 26.2 Å². The van der Waals surface area contributed by atoms with Gasteiger partial charge in [0.25, 0.3) is 0 Å². The maximum absolute atomic E-state index is 11.6. The van der Waals surface area contributed by atoms with Crippen LogP contribution in [-0.4, -0.2) is 47.0 Å². The average molecular weight is 248 g/mol. The number of nitrogens with one attached hydrogen (secondary N) is 1. The smallest absolute Gasteiger partial charge is 0.234 e. The number of rotatable bonds is 5. The minimum atomic E-state index is 0.122. The Morgan fingerprint density at radius 2 is 2.44 bits per heavy atom. The Morgan fingerprint density at radius 3 is 3.17 bits per heavy atom. The number of aromatic nitrogens is 2. The molecule has 0 bridgehead atoms. The number of carbonyl (C=O) groups excluding carboxylic acids is 1. The summed E-state index contributed by atoms with van der Waals surface area (Å²) in [4.78, 5) is 22.2. The number of likely N-dealkylation sites (tertiary alicyclic amines) is 1. The van der Waals surface area contributed by atoms with Gasteiger partial charge in [-0.2, -0.15) is 0 Å². The van der Waals surface area contributed by atoms with Gasteiger partial charge in [-0.3, -0.25) is 19.7 Å². The SMILES string of the molecule is CCCNC(=O)CN1CCC(c2cnccn2)C1. The van der Waals surface area contributed by atoms with Crippen molar-refractivity contribution < 1.29 is 4.79 Å². The first-order chi connectivity index (χ1) is 8.79. The van der Waals surface area contributed by atoms with Gasteiger partial charge in [0, 0.05) is 37.6 Å². The van der Waals surface area contributed by atoms with Gasteiger partial charge in [-0.15, -0.1) is 0 Å². The van der Waals surface area contributed by atoms with E-state index in [0.717, 1.165) is 38.2 Å². The molecule has 1 atom stereocenters. The van der Waals surface area contributed by atoms with Crippen LogP contribution < -0.4 is 5.32 Å². The second-order valence-electron chi connectivity index (χ2n) is 4.70. The van der Waals surface area contributed by atoms with Gasteiger partial charge in [-0.1, -0.05) is 6.92 Å². The first-order valence-corrected chi connectivity index (χ1v) is 6.54. The van der Waals surface area contributed by atoms with Crippen molar-refractivity contribution in [3.05, 3.63) is 24.3 Å². The lowest BCUT2D eigenvalue weighted by Gasteiger charge is -2.15. The van der Waals surface area contributed by atoms with Crippen LogP contribution in [0.2, 0.25) is 0 Å². The van der Waals surface area contributed by atoms with E-state index >= 15 is 0 Å². The fourth-order valence-electron chi connectivity index (χ4n) is 2.26. The summed E-state index contributed by atoms with van der Waals surface area (Å²) in [6, 6.07) is 0. The zero-order valence-electron chi connectivity index (χ0n) is 10.8. The molecule has 0 spiro atoms. The minimum Gasteiger partial charge on any atom is -0.355 e. The van der Waals surface area contributed by atoms with E-state index in [4.69, 9.17) is 0 Å². The van der Waals surface area contributed by atoms with E-state index in [2.05, 4.69) is 27.1 Å². The zero-order valence-corrected chi connectivity index (χ0v) is 10.8. The van der Waals surface area contributed by atoms with Gasteiger partial charge in [-0.25, -0.2) is 0 Å². The molecule has 1 fully saturated rings. The molecule has 0 aromatic carbocycles. The predicted molar refractivity (Wildman–Crippen MR) is 69.1 cm³/mol. The van der Waals surface area contributed by atoms with Crippen LogP contribution >= 0.6 is 0 Å². The third kappa shape index (κ3) is 3.50. The topological polar surface area (TPSA) is 58.1 Å². The molecule has 1 unspecified atom stereocenters. The third-order valence-electron chi connectivity index (χ3n) is 3.21. The molecule has 0 saturated carbocycles. The van der Waals surface area contributed by atoms with Crippen molar-refractivity contribution in [2.24, 2.45) is 0 Å². The lowest BCUT2D eigenvalue weighted by Crippen LogP contribution is -2.36. The van der Waals surface area contributed by atoms with E-state index in [9.17, 15) is 4.79 Å². The molecular formula is C13H20N4O. The summed E-state index contributed by atoms with van der Waals surface area (Å²) in [6.07, 6.45) is 7.28. The molecule has 0 aliphatic carbocycles. The van der Waals surface area contributed by atoms with Gasteiger partial charge in [0.05, 0.1) is 12.2 Å². The van der Waals surface area contributed by atoms with Crippen molar-refractivity contribution in [3.63, 3.8) is 0 Å². The summed E-state index contributed by atoms with van der Waals surface area (Å²) in [5.74, 6) is 0.536. The summed E-state index contributed by atoms with van der Waals surface area (Å²) in [7, 11) is 0. The van der Waals surface area contributed by atoms with Gasteiger partial charge in [0.1, 0.15) is 0 Å². The minimum absolute atomic E-state index is 0.122. The quantitative estimate of drug-likeness (QED) is 0.837. The predicted octanol–water partition coefficient (Wildman–Crippen LogP) is 0.792. The highest BCUT2D eigenvalue weighted by Crippen LogP contribution is 2.24. The maximum Gasteiger partial charge on any atom is 0.234 e. The van der Waals surface area contributed by atoms with Crippen LogP contribution in [0.5, 0.6) is 0 Å². The summed E-state index contributed by atoms with van der Waals surface area (Å²) < 4.78 is 0. The van der Waals surface area contributed by atoms with Gasteiger partial charge < -0.3 is 5.32 Å². The molecule has 2 heterocycles. The molecule has 0 radical (unpaired) electrons. The zero-order chi connectivity index (χ0) is 12.8. The first-order valence-electron chi connectivity index (χ1n) is 6.54. The van der Waals surface area contributed by atoms with Gasteiger partial charge in [-0.05, 0) is 19.4 Å². The molecule has 5 heteroatoms. The van der Waals surface area contributed by atoms with Crippen molar-refractivity contribution in [1.29, 1.82) is 0 Å². The molecule has 98 valence electrons. The molecule has 1 amide bonds. The van der Waals surface area contributed by atoms with Crippen LogP contribution in [0, 0.1) is 0 Å². The van der Waals surface area contributed by atoms with Crippen LogP contribution in [0.25, 0.3) is 0 Å². The van der Waals surface area contributed by atoms with Crippen LogP contribution in [0.3, 0.4) is 0 Å². The summed E-state index contributed by atoms with van der Waals surface area (Å²) in [5, 5.41) is 2.91. The first kappa shape index (κ1) is 13.0. The number of carbonyl (C=O) groups is 1. The lowest BCUT2D eigenvalue weighted by atomic mass is 10.1. The monoisotopic (exact) mass is 248 g/mol. The summed E-state index contributed by atoms with van der Waals surface area (Å²) in [5.41, 5.74) is 1.04. The summed E-state index contributed by atoms with van der Waals surface area (Å²) >= 11 is 0. The van der Waals surface area contributed by atoms with Crippen molar-refractivity contribution >= 4 is 5.91 Å².